The van der Waals surface area contributed by atoms with E-state index in [0.717, 1.165) is 24.4 Å². The number of carbonyl (C=O) groups excluding carboxylic acids is 1. The first-order valence-electron chi connectivity index (χ1n) is 6.77. The van der Waals surface area contributed by atoms with Crippen LogP contribution < -0.4 is 10.1 Å². The van der Waals surface area contributed by atoms with E-state index in [9.17, 15) is 4.79 Å². The molecule has 4 nitrogen and oxygen atoms in total. The second kappa shape index (κ2) is 7.79. The number of likely N-dealkylation sites (N-methyl/N-ethyl adjacent to an activating group) is 1. The van der Waals surface area contributed by atoms with Crippen LogP contribution in [0, 0.1) is 0 Å². The van der Waals surface area contributed by atoms with Crippen LogP contribution in [0.1, 0.15) is 32.4 Å². The number of methoxy groups -OCH3 is 1. The normalized spacial score (nSPS) is 12.0. The Labute approximate surface area is 115 Å². The van der Waals surface area contributed by atoms with Gasteiger partial charge in [0.05, 0.1) is 13.7 Å². The fourth-order valence-electron chi connectivity index (χ4n) is 1.94. The summed E-state index contributed by atoms with van der Waals surface area (Å²) in [6, 6.07) is 8.03. The quantitative estimate of drug-likeness (QED) is 0.821. The molecule has 1 aromatic carbocycles. The Kier molecular flexibility index (Phi) is 6.36. The molecule has 19 heavy (non-hydrogen) atoms. The number of hydrogen-bond acceptors (Lipinski definition) is 3. The number of rotatable bonds is 7. The van der Waals surface area contributed by atoms with Crippen molar-refractivity contribution in [2.75, 3.05) is 26.7 Å². The first kappa shape index (κ1) is 15.5. The number of amides is 1. The summed E-state index contributed by atoms with van der Waals surface area (Å²) < 4.78 is 5.13. The molecule has 0 saturated heterocycles. The maximum Gasteiger partial charge on any atom is 0.236 e. The van der Waals surface area contributed by atoms with E-state index in [2.05, 4.69) is 12.2 Å². The lowest BCUT2D eigenvalue weighted by Crippen LogP contribution is -2.38. The maximum atomic E-state index is 11.9. The number of nitrogens with zero attached hydrogens (tertiary/aromatic N) is 1. The fourth-order valence-corrected chi connectivity index (χ4v) is 1.94. The van der Waals surface area contributed by atoms with Gasteiger partial charge in [0.1, 0.15) is 5.75 Å². The Balaban J connectivity index is 2.50. The Hall–Kier alpha value is -1.55. The molecule has 0 aliphatic rings. The highest BCUT2D eigenvalue weighted by molar-refractivity contribution is 5.78. The van der Waals surface area contributed by atoms with Crippen LogP contribution in [0.5, 0.6) is 5.75 Å². The van der Waals surface area contributed by atoms with Crippen molar-refractivity contribution in [1.82, 2.24) is 10.2 Å². The van der Waals surface area contributed by atoms with Gasteiger partial charge in [0.25, 0.3) is 0 Å². The Morgan fingerprint density at radius 2 is 1.84 bits per heavy atom. The number of hydrogen-bond donors (Lipinski definition) is 1. The van der Waals surface area contributed by atoms with Gasteiger partial charge in [0.2, 0.25) is 5.91 Å². The second-order valence-corrected chi connectivity index (χ2v) is 4.44. The van der Waals surface area contributed by atoms with Crippen LogP contribution in [0.25, 0.3) is 0 Å². The average molecular weight is 264 g/mol. The minimum absolute atomic E-state index is 0.144. The molecule has 0 aliphatic carbocycles. The van der Waals surface area contributed by atoms with Gasteiger partial charge in [-0.25, -0.2) is 0 Å². The van der Waals surface area contributed by atoms with Crippen LogP contribution in [0.2, 0.25) is 0 Å². The van der Waals surface area contributed by atoms with Gasteiger partial charge in [0.15, 0.2) is 0 Å². The van der Waals surface area contributed by atoms with Crippen LogP contribution >= 0.6 is 0 Å². The molecule has 0 saturated carbocycles. The van der Waals surface area contributed by atoms with Gasteiger partial charge in [-0.15, -0.1) is 0 Å². The van der Waals surface area contributed by atoms with Crippen molar-refractivity contribution < 1.29 is 9.53 Å². The Bertz CT molecular complexity index is 386. The van der Waals surface area contributed by atoms with Crippen LogP contribution in [0.3, 0.4) is 0 Å². The molecule has 1 amide bonds. The highest BCUT2D eigenvalue weighted by Crippen LogP contribution is 2.16. The van der Waals surface area contributed by atoms with Gasteiger partial charge in [0, 0.05) is 19.1 Å². The van der Waals surface area contributed by atoms with Gasteiger partial charge >= 0.3 is 0 Å². The highest BCUT2D eigenvalue weighted by atomic mass is 16.5. The van der Waals surface area contributed by atoms with Crippen molar-refractivity contribution in [2.24, 2.45) is 0 Å². The molecule has 0 radical (unpaired) electrons. The lowest BCUT2D eigenvalue weighted by atomic mass is 10.1. The van der Waals surface area contributed by atoms with Crippen molar-refractivity contribution in [3.63, 3.8) is 0 Å². The summed E-state index contributed by atoms with van der Waals surface area (Å²) in [6.45, 7) is 7.93. The minimum Gasteiger partial charge on any atom is -0.497 e. The van der Waals surface area contributed by atoms with Crippen LogP contribution in [0.4, 0.5) is 0 Å². The van der Waals surface area contributed by atoms with Gasteiger partial charge in [-0.3, -0.25) is 4.79 Å². The third kappa shape index (κ3) is 4.56. The van der Waals surface area contributed by atoms with Crippen molar-refractivity contribution >= 4 is 5.91 Å². The molecule has 1 rings (SSSR count). The highest BCUT2D eigenvalue weighted by Gasteiger charge is 2.11. The Morgan fingerprint density at radius 1 is 1.26 bits per heavy atom. The molecule has 106 valence electrons. The summed E-state index contributed by atoms with van der Waals surface area (Å²) >= 11 is 0. The molecule has 1 aromatic rings. The smallest absolute Gasteiger partial charge is 0.236 e. The summed E-state index contributed by atoms with van der Waals surface area (Å²) in [6.07, 6.45) is 0. The van der Waals surface area contributed by atoms with Crippen molar-refractivity contribution in [3.05, 3.63) is 29.8 Å². The molecule has 0 unspecified atom stereocenters. The van der Waals surface area contributed by atoms with Crippen molar-refractivity contribution in [2.45, 2.75) is 26.8 Å². The summed E-state index contributed by atoms with van der Waals surface area (Å²) in [5.74, 6) is 0.987. The molecule has 0 bridgehead atoms. The monoisotopic (exact) mass is 264 g/mol. The summed E-state index contributed by atoms with van der Waals surface area (Å²) in [7, 11) is 1.65. The molecule has 0 aliphatic heterocycles. The van der Waals surface area contributed by atoms with E-state index in [1.54, 1.807) is 7.11 Å². The van der Waals surface area contributed by atoms with E-state index < -0.39 is 0 Å². The van der Waals surface area contributed by atoms with Gasteiger partial charge in [-0.05, 0) is 38.5 Å². The molecule has 1 N–H and O–H groups in total. The van der Waals surface area contributed by atoms with Gasteiger partial charge in [-0.1, -0.05) is 12.1 Å². The lowest BCUT2D eigenvalue weighted by Gasteiger charge is -2.21. The molecule has 0 heterocycles. The van der Waals surface area contributed by atoms with E-state index in [4.69, 9.17) is 4.74 Å². The topological polar surface area (TPSA) is 41.6 Å². The van der Waals surface area contributed by atoms with Crippen molar-refractivity contribution in [1.29, 1.82) is 0 Å². The fraction of sp³-hybridized carbons (Fsp3) is 0.533. The first-order valence-corrected chi connectivity index (χ1v) is 6.77. The maximum absolute atomic E-state index is 11.9. The SMILES string of the molecule is CCN(CC)C(=O)CN[C@H](C)c1ccc(OC)cc1. The molecule has 4 heteroatoms. The zero-order valence-electron chi connectivity index (χ0n) is 12.3. The van der Waals surface area contributed by atoms with E-state index in [-0.39, 0.29) is 11.9 Å². The third-order valence-electron chi connectivity index (χ3n) is 3.29. The zero-order valence-corrected chi connectivity index (χ0v) is 12.3. The molecular formula is C15H24N2O2. The number of nitrogens with one attached hydrogen (secondary N) is 1. The van der Waals surface area contributed by atoms with Crippen LogP contribution in [-0.4, -0.2) is 37.6 Å². The summed E-state index contributed by atoms with van der Waals surface area (Å²) in [5.41, 5.74) is 1.15. The lowest BCUT2D eigenvalue weighted by molar-refractivity contribution is -0.129. The van der Waals surface area contributed by atoms with Crippen LogP contribution in [0.15, 0.2) is 24.3 Å². The largest absolute Gasteiger partial charge is 0.497 e. The standard InChI is InChI=1S/C15H24N2O2/c1-5-17(6-2)15(18)11-16-12(3)13-7-9-14(19-4)10-8-13/h7-10,12,16H,5-6,11H2,1-4H3/t12-/m1/s1. The van der Waals surface area contributed by atoms with E-state index >= 15 is 0 Å². The molecule has 0 spiro atoms. The predicted octanol–water partition coefficient (Wildman–Crippen LogP) is 2.21. The molecule has 0 aromatic heterocycles. The predicted molar refractivity (Wildman–Crippen MR) is 77.3 cm³/mol. The average Bonchev–Trinajstić information content (AvgIpc) is 2.46. The van der Waals surface area contributed by atoms with Gasteiger partial charge < -0.3 is 15.0 Å². The van der Waals surface area contributed by atoms with E-state index in [1.165, 1.54) is 0 Å². The van der Waals surface area contributed by atoms with Gasteiger partial charge in [-0.2, -0.15) is 0 Å². The molecular weight excluding hydrogens is 240 g/mol. The number of ether oxygens (including phenoxy) is 1. The van der Waals surface area contributed by atoms with E-state index in [0.29, 0.717) is 6.54 Å². The molecule has 0 fully saturated rings. The number of benzene rings is 1. The van der Waals surface area contributed by atoms with Crippen molar-refractivity contribution in [3.8, 4) is 5.75 Å². The summed E-state index contributed by atoms with van der Waals surface area (Å²) in [4.78, 5) is 13.7. The first-order chi connectivity index (χ1) is 9.12. The Morgan fingerprint density at radius 3 is 2.32 bits per heavy atom. The molecule has 1 atom stereocenters. The zero-order chi connectivity index (χ0) is 14.3. The third-order valence-corrected chi connectivity index (χ3v) is 3.29. The van der Waals surface area contributed by atoms with Crippen LogP contribution in [-0.2, 0) is 4.79 Å². The second-order valence-electron chi connectivity index (χ2n) is 4.44. The number of carbonyl (C=O) groups is 1. The summed E-state index contributed by atoms with van der Waals surface area (Å²) in [5, 5.41) is 3.25. The minimum atomic E-state index is 0.144. The van der Waals surface area contributed by atoms with E-state index in [1.807, 2.05) is 43.0 Å².